The van der Waals surface area contributed by atoms with E-state index >= 15 is 0 Å². The Bertz CT molecular complexity index is 635. The number of alkyl halides is 15. The lowest BCUT2D eigenvalue weighted by Gasteiger charge is -2.41. The quantitative estimate of drug-likeness (QED) is 0.132. The average Bonchev–Trinajstić information content (AvgIpc) is 2.67. The van der Waals surface area contributed by atoms with Crippen LogP contribution in [0.4, 0.5) is 65.9 Å². The molecule has 0 fully saturated rings. The van der Waals surface area contributed by atoms with Crippen LogP contribution in [0.3, 0.4) is 0 Å². The van der Waals surface area contributed by atoms with Crippen molar-refractivity contribution in [2.45, 2.75) is 120 Å². The van der Waals surface area contributed by atoms with Crippen molar-refractivity contribution in [2.75, 3.05) is 0 Å². The molecular weight excluding hydrogens is 525 g/mol. The summed E-state index contributed by atoms with van der Waals surface area (Å²) in [5.41, 5.74) is 0. The minimum absolute atomic E-state index is 0.161. The van der Waals surface area contributed by atoms with Crippen LogP contribution in [0.25, 0.3) is 0 Å². The van der Waals surface area contributed by atoms with Crippen LogP contribution in [0.1, 0.15) is 78.1 Å². The van der Waals surface area contributed by atoms with E-state index in [0.717, 1.165) is 25.7 Å². The first kappa shape index (κ1) is 34.0. The van der Waals surface area contributed by atoms with Gasteiger partial charge in [-0.1, -0.05) is 65.2 Å². The molecule has 212 valence electrons. The van der Waals surface area contributed by atoms with E-state index in [4.69, 9.17) is 0 Å². The van der Waals surface area contributed by atoms with Gasteiger partial charge in [0.05, 0.1) is 0 Å². The predicted molar refractivity (Wildman–Crippen MR) is 96.7 cm³/mol. The SMILES string of the molecule is CC(C)CCCCCCCCCCC(F)(F)C(F)(F)C(F)(F)C(F)(F)C(F)(F)C(F)(F)C(F)(F)F. The minimum Gasteiger partial charge on any atom is -0.200 e. The third-order valence-corrected chi connectivity index (χ3v) is 5.41. The third-order valence-electron chi connectivity index (χ3n) is 5.41. The molecule has 0 atom stereocenters. The molecule has 0 bridgehead atoms. The molecule has 0 radical (unpaired) electrons. The van der Waals surface area contributed by atoms with E-state index in [-0.39, 0.29) is 12.8 Å². The highest BCUT2D eigenvalue weighted by Crippen LogP contribution is 2.62. The molecule has 0 unspecified atom stereocenters. The Kier molecular flexibility index (Phi) is 11.2. The van der Waals surface area contributed by atoms with Crippen LogP contribution in [0.5, 0.6) is 0 Å². The van der Waals surface area contributed by atoms with Crippen molar-refractivity contribution in [3.05, 3.63) is 0 Å². The summed E-state index contributed by atoms with van der Waals surface area (Å²) >= 11 is 0. The van der Waals surface area contributed by atoms with Gasteiger partial charge in [0.15, 0.2) is 0 Å². The summed E-state index contributed by atoms with van der Waals surface area (Å²) in [6.07, 6.45) is -6.18. The number of rotatable bonds is 16. The van der Waals surface area contributed by atoms with Crippen LogP contribution in [0, 0.1) is 5.92 Å². The molecule has 0 aliphatic carbocycles. The summed E-state index contributed by atoms with van der Waals surface area (Å²) in [7, 11) is 0. The first-order valence-corrected chi connectivity index (χ1v) is 10.8. The molecule has 0 aromatic carbocycles. The molecule has 0 heterocycles. The highest BCUT2D eigenvalue weighted by Gasteiger charge is 2.93. The van der Waals surface area contributed by atoms with E-state index in [1.807, 2.05) is 13.8 Å². The molecule has 0 spiro atoms. The van der Waals surface area contributed by atoms with E-state index in [1.165, 1.54) is 0 Å². The second-order valence-corrected chi connectivity index (χ2v) is 8.84. The Morgan fingerprint density at radius 2 is 0.714 bits per heavy atom. The van der Waals surface area contributed by atoms with Gasteiger partial charge in [-0.25, -0.2) is 0 Å². The minimum atomic E-state index is -8.21. The van der Waals surface area contributed by atoms with Crippen molar-refractivity contribution < 1.29 is 65.9 Å². The molecule has 0 nitrogen and oxygen atoms in total. The number of hydrogen-bond donors (Lipinski definition) is 0. The molecule has 0 aliphatic heterocycles. The molecule has 0 aromatic rings. The van der Waals surface area contributed by atoms with Crippen LogP contribution in [0.15, 0.2) is 0 Å². The van der Waals surface area contributed by atoms with Crippen molar-refractivity contribution in [3.8, 4) is 0 Å². The highest BCUT2D eigenvalue weighted by atomic mass is 19.4. The molecule has 0 aromatic heterocycles. The van der Waals surface area contributed by atoms with Crippen LogP contribution in [0.2, 0.25) is 0 Å². The molecule has 0 saturated carbocycles. The van der Waals surface area contributed by atoms with Crippen LogP contribution >= 0.6 is 0 Å². The van der Waals surface area contributed by atoms with Gasteiger partial charge in [0, 0.05) is 6.42 Å². The summed E-state index contributed by atoms with van der Waals surface area (Å²) in [5.74, 6) is -45.3. The van der Waals surface area contributed by atoms with Gasteiger partial charge in [-0.2, -0.15) is 65.9 Å². The molecule has 0 N–H and O–H groups in total. The molecule has 0 aliphatic rings. The second kappa shape index (κ2) is 11.6. The zero-order valence-corrected chi connectivity index (χ0v) is 18.8. The predicted octanol–water partition coefficient (Wildman–Crippen LogP) is 9.92. The van der Waals surface area contributed by atoms with Crippen molar-refractivity contribution >= 4 is 0 Å². The van der Waals surface area contributed by atoms with Crippen LogP contribution in [-0.2, 0) is 0 Å². The zero-order valence-electron chi connectivity index (χ0n) is 18.8. The Hall–Kier alpha value is -1.05. The number of hydrogen-bond acceptors (Lipinski definition) is 0. The molecule has 15 heteroatoms. The van der Waals surface area contributed by atoms with Gasteiger partial charge in [-0.3, -0.25) is 0 Å². The van der Waals surface area contributed by atoms with Crippen molar-refractivity contribution in [1.29, 1.82) is 0 Å². The highest BCUT2D eigenvalue weighted by molar-refractivity contribution is 5.12. The van der Waals surface area contributed by atoms with E-state index in [9.17, 15) is 65.9 Å². The maximum absolute atomic E-state index is 13.7. The smallest absolute Gasteiger partial charge is 0.200 e. The first-order valence-electron chi connectivity index (χ1n) is 10.8. The lowest BCUT2D eigenvalue weighted by Crippen LogP contribution is -2.72. The Morgan fingerprint density at radius 3 is 1.09 bits per heavy atom. The van der Waals surface area contributed by atoms with Gasteiger partial charge >= 0.3 is 41.7 Å². The number of unbranched alkanes of at least 4 members (excludes halogenated alkanes) is 7. The Labute approximate surface area is 192 Å². The first-order chi connectivity index (χ1) is 15.4. The second-order valence-electron chi connectivity index (χ2n) is 8.84. The average molecular weight is 552 g/mol. The topological polar surface area (TPSA) is 0 Å². The molecular formula is C20H27F15. The molecule has 35 heavy (non-hydrogen) atoms. The zero-order chi connectivity index (χ0) is 28.1. The van der Waals surface area contributed by atoms with Crippen molar-refractivity contribution in [3.63, 3.8) is 0 Å². The fourth-order valence-electron chi connectivity index (χ4n) is 3.12. The largest absolute Gasteiger partial charge is 0.460 e. The maximum Gasteiger partial charge on any atom is 0.460 e. The molecule has 0 saturated heterocycles. The number of halogens is 15. The van der Waals surface area contributed by atoms with Crippen LogP contribution < -0.4 is 0 Å². The molecule has 0 amide bonds. The summed E-state index contributed by atoms with van der Waals surface area (Å²) in [6.45, 7) is 4.05. The normalized spacial score (nSPS) is 15.3. The van der Waals surface area contributed by atoms with Crippen molar-refractivity contribution in [1.82, 2.24) is 0 Å². The summed E-state index contributed by atoms with van der Waals surface area (Å²) in [6, 6.07) is 0. The van der Waals surface area contributed by atoms with Gasteiger partial charge in [0.25, 0.3) is 0 Å². The molecule has 0 rings (SSSR count). The van der Waals surface area contributed by atoms with Gasteiger partial charge in [0.1, 0.15) is 0 Å². The Balaban J connectivity index is 5.19. The van der Waals surface area contributed by atoms with E-state index in [2.05, 4.69) is 0 Å². The van der Waals surface area contributed by atoms with Crippen LogP contribution in [-0.4, -0.2) is 41.7 Å². The third kappa shape index (κ3) is 7.04. The van der Waals surface area contributed by atoms with Gasteiger partial charge in [-0.15, -0.1) is 0 Å². The maximum atomic E-state index is 13.7. The summed E-state index contributed by atoms with van der Waals surface area (Å²) < 4.78 is 197. The fourth-order valence-corrected chi connectivity index (χ4v) is 3.12. The van der Waals surface area contributed by atoms with Gasteiger partial charge < -0.3 is 0 Å². The summed E-state index contributed by atoms with van der Waals surface area (Å²) in [5, 5.41) is 0. The monoisotopic (exact) mass is 552 g/mol. The Morgan fingerprint density at radius 1 is 0.400 bits per heavy atom. The van der Waals surface area contributed by atoms with E-state index < -0.39 is 54.6 Å². The van der Waals surface area contributed by atoms with Gasteiger partial charge in [-0.05, 0) is 12.3 Å². The van der Waals surface area contributed by atoms with Gasteiger partial charge in [0.2, 0.25) is 0 Å². The standard InChI is InChI=1S/C20H27F15/c1-13(2)11-9-7-5-3-4-6-8-10-12-14(21,22)15(23,24)16(25,26)17(27,28)18(29,30)19(31,32)20(33,34)35/h13H,3-12H2,1-2H3. The van der Waals surface area contributed by atoms with E-state index in [0.29, 0.717) is 18.8 Å². The fraction of sp³-hybridized carbons (Fsp3) is 1.00. The van der Waals surface area contributed by atoms with E-state index in [1.54, 1.807) is 0 Å². The van der Waals surface area contributed by atoms with Crippen molar-refractivity contribution in [2.24, 2.45) is 5.92 Å². The summed E-state index contributed by atoms with van der Waals surface area (Å²) in [4.78, 5) is 0. The lowest BCUT2D eigenvalue weighted by atomic mass is 9.89. The lowest BCUT2D eigenvalue weighted by molar-refractivity contribution is -0.452.